The first-order chi connectivity index (χ1) is 12.5. The Bertz CT molecular complexity index is 909. The largest absolute Gasteiger partial charge is 0.398 e. The van der Waals surface area contributed by atoms with Gasteiger partial charge in [0.25, 0.3) is 0 Å². The lowest BCUT2D eigenvalue weighted by Crippen LogP contribution is -2.24. The second-order valence-corrected chi connectivity index (χ2v) is 6.17. The number of halogens is 1. The van der Waals surface area contributed by atoms with E-state index in [1.165, 1.54) is 0 Å². The summed E-state index contributed by atoms with van der Waals surface area (Å²) in [6, 6.07) is 5.08. The zero-order valence-corrected chi connectivity index (χ0v) is 15.3. The van der Waals surface area contributed by atoms with Gasteiger partial charge in [-0.15, -0.1) is 5.10 Å². The van der Waals surface area contributed by atoms with Crippen LogP contribution in [0.2, 0.25) is 5.02 Å². The number of aliphatic hydroxyl groups excluding tert-OH is 1. The molecule has 138 valence electrons. The highest BCUT2D eigenvalue weighted by Crippen LogP contribution is 2.27. The van der Waals surface area contributed by atoms with E-state index in [0.29, 0.717) is 40.2 Å². The summed E-state index contributed by atoms with van der Waals surface area (Å²) < 4.78 is 1.68. The lowest BCUT2D eigenvalue weighted by atomic mass is 10.2. The van der Waals surface area contributed by atoms with Crippen LogP contribution in [0.1, 0.15) is 20.3 Å². The van der Waals surface area contributed by atoms with Gasteiger partial charge in [-0.1, -0.05) is 23.7 Å². The van der Waals surface area contributed by atoms with Crippen molar-refractivity contribution in [2.75, 3.05) is 23.0 Å². The Morgan fingerprint density at radius 3 is 2.77 bits per heavy atom. The summed E-state index contributed by atoms with van der Waals surface area (Å²) in [5, 5.41) is 24.5. The van der Waals surface area contributed by atoms with Gasteiger partial charge in [-0.2, -0.15) is 9.97 Å². The smallest absolute Gasteiger partial charge is 0.227 e. The van der Waals surface area contributed by atoms with Crippen molar-refractivity contribution in [1.82, 2.24) is 25.0 Å². The van der Waals surface area contributed by atoms with Crippen molar-refractivity contribution in [2.24, 2.45) is 0 Å². The Balaban J connectivity index is 2.03. The number of aryl methyl sites for hydroxylation is 1. The molecule has 0 fully saturated rings. The topological polar surface area (TPSA) is 127 Å². The number of aliphatic hydroxyl groups is 1. The number of hydrogen-bond acceptors (Lipinski definition) is 8. The molecular weight excluding hydrogens is 356 g/mol. The first-order valence-electron chi connectivity index (χ1n) is 8.36. The van der Waals surface area contributed by atoms with E-state index in [0.717, 1.165) is 12.1 Å². The molecule has 10 heteroatoms. The quantitative estimate of drug-likeness (QED) is 0.463. The van der Waals surface area contributed by atoms with Crippen molar-refractivity contribution in [3.05, 3.63) is 23.2 Å². The number of aromatic nitrogens is 5. The SMILES string of the molecule is CCC(CO)Nc1nc(Nc2ccc(N)c(Cl)c2)c2nnn(CC)c2n1. The summed E-state index contributed by atoms with van der Waals surface area (Å²) in [4.78, 5) is 8.99. The molecule has 0 aliphatic rings. The van der Waals surface area contributed by atoms with Crippen LogP contribution < -0.4 is 16.4 Å². The third-order valence-corrected chi connectivity index (χ3v) is 4.30. The lowest BCUT2D eigenvalue weighted by molar-refractivity contribution is 0.271. The second kappa shape index (κ2) is 7.71. The van der Waals surface area contributed by atoms with Crippen molar-refractivity contribution in [3.63, 3.8) is 0 Å². The molecule has 3 aromatic rings. The fourth-order valence-electron chi connectivity index (χ4n) is 2.42. The van der Waals surface area contributed by atoms with Gasteiger partial charge in [-0.3, -0.25) is 0 Å². The standard InChI is InChI=1S/C16H21ClN8O/c1-3-9(8-26)20-16-21-14(13-15(22-16)25(4-2)24-23-13)19-10-5-6-12(18)11(17)7-10/h5-7,9,26H,3-4,8,18H2,1-2H3,(H2,19,20,21,22). The van der Waals surface area contributed by atoms with Gasteiger partial charge in [0.05, 0.1) is 23.4 Å². The Hall–Kier alpha value is -2.65. The van der Waals surface area contributed by atoms with Crippen LogP contribution in [0.5, 0.6) is 0 Å². The number of anilines is 4. The highest BCUT2D eigenvalue weighted by molar-refractivity contribution is 6.33. The molecule has 0 spiro atoms. The molecule has 2 heterocycles. The van der Waals surface area contributed by atoms with Gasteiger partial charge >= 0.3 is 0 Å². The monoisotopic (exact) mass is 376 g/mol. The number of hydrogen-bond donors (Lipinski definition) is 4. The van der Waals surface area contributed by atoms with Crippen LogP contribution in [0.4, 0.5) is 23.1 Å². The summed E-state index contributed by atoms with van der Waals surface area (Å²) in [6.07, 6.45) is 0.736. The van der Waals surface area contributed by atoms with Crippen molar-refractivity contribution in [2.45, 2.75) is 32.9 Å². The number of nitrogen functional groups attached to an aromatic ring is 1. The molecule has 1 aromatic carbocycles. The molecule has 2 aromatic heterocycles. The summed E-state index contributed by atoms with van der Waals surface area (Å²) in [7, 11) is 0. The number of rotatable bonds is 7. The highest BCUT2D eigenvalue weighted by Gasteiger charge is 2.16. The molecule has 0 bridgehead atoms. The van der Waals surface area contributed by atoms with Crippen LogP contribution >= 0.6 is 11.6 Å². The Morgan fingerprint density at radius 2 is 2.12 bits per heavy atom. The number of benzene rings is 1. The summed E-state index contributed by atoms with van der Waals surface area (Å²) in [5.74, 6) is 0.880. The Morgan fingerprint density at radius 1 is 1.31 bits per heavy atom. The molecule has 0 radical (unpaired) electrons. The first-order valence-corrected chi connectivity index (χ1v) is 8.74. The van der Waals surface area contributed by atoms with Crippen molar-refractivity contribution >= 4 is 45.9 Å². The average Bonchev–Trinajstić information content (AvgIpc) is 3.06. The van der Waals surface area contributed by atoms with Crippen molar-refractivity contribution in [1.29, 1.82) is 0 Å². The maximum Gasteiger partial charge on any atom is 0.227 e. The maximum atomic E-state index is 9.43. The number of fused-ring (bicyclic) bond motifs is 1. The highest BCUT2D eigenvalue weighted by atomic mass is 35.5. The molecule has 0 aliphatic heterocycles. The molecule has 26 heavy (non-hydrogen) atoms. The molecule has 1 atom stereocenters. The number of nitrogens with two attached hydrogens (primary N) is 1. The minimum absolute atomic E-state index is 0.0144. The van der Waals surface area contributed by atoms with Crippen LogP contribution in [-0.2, 0) is 6.54 Å². The molecule has 0 aliphatic carbocycles. The van der Waals surface area contributed by atoms with E-state index in [-0.39, 0.29) is 12.6 Å². The Labute approximate surface area is 155 Å². The predicted octanol–water partition coefficient (Wildman–Crippen LogP) is 2.40. The lowest BCUT2D eigenvalue weighted by Gasteiger charge is -2.15. The fourth-order valence-corrected chi connectivity index (χ4v) is 2.60. The van der Waals surface area contributed by atoms with Gasteiger partial charge in [0.1, 0.15) is 0 Å². The van der Waals surface area contributed by atoms with Crippen LogP contribution in [0.15, 0.2) is 18.2 Å². The van der Waals surface area contributed by atoms with Gasteiger partial charge in [-0.05, 0) is 31.5 Å². The van der Waals surface area contributed by atoms with Crippen molar-refractivity contribution < 1.29 is 5.11 Å². The molecule has 9 nitrogen and oxygen atoms in total. The second-order valence-electron chi connectivity index (χ2n) is 5.77. The van der Waals surface area contributed by atoms with E-state index < -0.39 is 0 Å². The van der Waals surface area contributed by atoms with Crippen LogP contribution in [-0.4, -0.2) is 42.7 Å². The molecule has 3 rings (SSSR count). The van der Waals surface area contributed by atoms with E-state index in [9.17, 15) is 5.11 Å². The summed E-state index contributed by atoms with van der Waals surface area (Å²) in [6.45, 7) is 4.54. The Kier molecular flexibility index (Phi) is 5.38. The van der Waals surface area contributed by atoms with E-state index in [1.54, 1.807) is 22.9 Å². The normalized spacial score (nSPS) is 12.3. The molecule has 0 saturated carbocycles. The minimum atomic E-state index is -0.141. The van der Waals surface area contributed by atoms with Gasteiger partial charge in [0, 0.05) is 12.2 Å². The fraction of sp³-hybridized carbons (Fsp3) is 0.375. The molecule has 0 saturated heterocycles. The van der Waals surface area contributed by atoms with Gasteiger partial charge in [0.2, 0.25) is 5.95 Å². The van der Waals surface area contributed by atoms with Crippen LogP contribution in [0, 0.1) is 0 Å². The predicted molar refractivity (Wildman–Crippen MR) is 103 cm³/mol. The number of nitrogens with one attached hydrogen (secondary N) is 2. The molecule has 0 amide bonds. The van der Waals surface area contributed by atoms with E-state index in [1.807, 2.05) is 13.8 Å². The third-order valence-electron chi connectivity index (χ3n) is 3.97. The summed E-state index contributed by atoms with van der Waals surface area (Å²) >= 11 is 6.09. The van der Waals surface area contributed by atoms with E-state index >= 15 is 0 Å². The molecule has 5 N–H and O–H groups in total. The van der Waals surface area contributed by atoms with Crippen molar-refractivity contribution in [3.8, 4) is 0 Å². The maximum absolute atomic E-state index is 9.43. The zero-order valence-electron chi connectivity index (χ0n) is 14.6. The van der Waals surface area contributed by atoms with Crippen LogP contribution in [0.25, 0.3) is 11.2 Å². The van der Waals surface area contributed by atoms with E-state index in [4.69, 9.17) is 17.3 Å². The molecular formula is C16H21ClN8O. The van der Waals surface area contributed by atoms with Crippen LogP contribution in [0.3, 0.4) is 0 Å². The third kappa shape index (κ3) is 3.63. The first kappa shape index (κ1) is 18.2. The van der Waals surface area contributed by atoms with Gasteiger partial charge in [0.15, 0.2) is 17.0 Å². The zero-order chi connectivity index (χ0) is 18.7. The summed E-state index contributed by atoms with van der Waals surface area (Å²) in [5.41, 5.74) is 8.12. The minimum Gasteiger partial charge on any atom is -0.398 e. The average molecular weight is 377 g/mol. The molecule has 1 unspecified atom stereocenters. The number of nitrogens with zero attached hydrogens (tertiary/aromatic N) is 5. The van der Waals surface area contributed by atoms with Gasteiger partial charge in [-0.25, -0.2) is 4.68 Å². The van der Waals surface area contributed by atoms with Gasteiger partial charge < -0.3 is 21.5 Å². The van der Waals surface area contributed by atoms with E-state index in [2.05, 4.69) is 30.9 Å².